The predicted molar refractivity (Wildman–Crippen MR) is 86.4 cm³/mol. The first-order chi connectivity index (χ1) is 10.2. The highest BCUT2D eigenvalue weighted by atomic mass is 79.9. The van der Waals surface area contributed by atoms with Crippen molar-refractivity contribution in [1.82, 2.24) is 4.57 Å². The Morgan fingerprint density at radius 3 is 2.86 bits per heavy atom. The lowest BCUT2D eigenvalue weighted by molar-refractivity contribution is 0.414. The number of nitriles is 1. The third-order valence-electron chi connectivity index (χ3n) is 3.45. The van der Waals surface area contributed by atoms with E-state index in [1.807, 2.05) is 42.6 Å². The first-order valence-electron chi connectivity index (χ1n) is 6.52. The highest BCUT2D eigenvalue weighted by Crippen LogP contribution is 2.28. The van der Waals surface area contributed by atoms with Crippen LogP contribution < -0.4 is 4.74 Å². The van der Waals surface area contributed by atoms with Crippen LogP contribution in [0.3, 0.4) is 0 Å². The molecule has 3 aromatic rings. The van der Waals surface area contributed by atoms with Crippen LogP contribution in [-0.2, 0) is 6.54 Å². The summed E-state index contributed by atoms with van der Waals surface area (Å²) in [4.78, 5) is 0. The molecular weight excluding hydrogens is 328 g/mol. The van der Waals surface area contributed by atoms with Crippen LogP contribution in [0.4, 0.5) is 0 Å². The smallest absolute Gasteiger partial charge is 0.119 e. The molecule has 0 atom stereocenters. The van der Waals surface area contributed by atoms with Crippen LogP contribution in [-0.4, -0.2) is 11.7 Å². The van der Waals surface area contributed by atoms with E-state index in [2.05, 4.69) is 32.6 Å². The van der Waals surface area contributed by atoms with Crippen molar-refractivity contribution in [2.45, 2.75) is 6.54 Å². The summed E-state index contributed by atoms with van der Waals surface area (Å²) in [6, 6.07) is 15.9. The maximum absolute atomic E-state index is 9.00. The van der Waals surface area contributed by atoms with Crippen molar-refractivity contribution in [3.05, 3.63) is 64.3 Å². The number of ether oxygens (including phenoxy) is 1. The van der Waals surface area contributed by atoms with Crippen molar-refractivity contribution >= 4 is 26.8 Å². The highest BCUT2D eigenvalue weighted by Gasteiger charge is 2.08. The molecule has 0 aliphatic carbocycles. The number of aromatic nitrogens is 1. The van der Waals surface area contributed by atoms with Crippen LogP contribution in [0.2, 0.25) is 0 Å². The number of halogens is 1. The first kappa shape index (κ1) is 13.7. The van der Waals surface area contributed by atoms with Crippen molar-refractivity contribution < 1.29 is 4.74 Å². The summed E-state index contributed by atoms with van der Waals surface area (Å²) in [5.74, 6) is 0.856. The van der Waals surface area contributed by atoms with Gasteiger partial charge < -0.3 is 9.30 Å². The van der Waals surface area contributed by atoms with E-state index in [1.165, 1.54) is 5.56 Å². The number of hydrogen-bond acceptors (Lipinski definition) is 2. The fourth-order valence-corrected chi connectivity index (χ4v) is 2.99. The standard InChI is InChI=1S/C17H13BrN2O/c1-21-14-4-2-3-13(7-14)10-20-11-16(18)15-8-12(9-19)5-6-17(15)20/h2-8,11H,10H2,1H3. The van der Waals surface area contributed by atoms with Gasteiger partial charge in [-0.25, -0.2) is 0 Å². The average Bonchev–Trinajstić information content (AvgIpc) is 2.83. The lowest BCUT2D eigenvalue weighted by atomic mass is 10.1. The predicted octanol–water partition coefficient (Wildman–Crippen LogP) is 4.33. The largest absolute Gasteiger partial charge is 0.497 e. The fourth-order valence-electron chi connectivity index (χ4n) is 2.42. The number of hydrogen-bond donors (Lipinski definition) is 0. The average molecular weight is 341 g/mol. The Kier molecular flexibility index (Phi) is 3.68. The molecule has 4 heteroatoms. The molecular formula is C17H13BrN2O. The van der Waals surface area contributed by atoms with Gasteiger partial charge in [0, 0.05) is 28.1 Å². The monoisotopic (exact) mass is 340 g/mol. The summed E-state index contributed by atoms with van der Waals surface area (Å²) in [6.45, 7) is 0.755. The summed E-state index contributed by atoms with van der Waals surface area (Å²) < 4.78 is 8.42. The molecule has 0 fully saturated rings. The highest BCUT2D eigenvalue weighted by molar-refractivity contribution is 9.10. The Labute approximate surface area is 131 Å². The second-order valence-corrected chi connectivity index (χ2v) is 5.65. The molecule has 2 aromatic carbocycles. The van der Waals surface area contributed by atoms with Crippen molar-refractivity contribution in [3.8, 4) is 11.8 Å². The molecule has 0 saturated heterocycles. The van der Waals surface area contributed by atoms with Gasteiger partial charge in [-0.2, -0.15) is 5.26 Å². The number of benzene rings is 2. The van der Waals surface area contributed by atoms with Crippen LogP contribution in [0.25, 0.3) is 10.9 Å². The molecule has 1 aromatic heterocycles. The van der Waals surface area contributed by atoms with Gasteiger partial charge in [-0.05, 0) is 51.8 Å². The Balaban J connectivity index is 2.03. The SMILES string of the molecule is COc1cccc(Cn2cc(Br)c3cc(C#N)ccc32)c1. The van der Waals surface area contributed by atoms with Crippen molar-refractivity contribution in [1.29, 1.82) is 5.26 Å². The van der Waals surface area contributed by atoms with Crippen LogP contribution in [0.15, 0.2) is 53.1 Å². The molecule has 0 spiro atoms. The Morgan fingerprint density at radius 2 is 2.10 bits per heavy atom. The fraction of sp³-hybridized carbons (Fsp3) is 0.118. The van der Waals surface area contributed by atoms with E-state index < -0.39 is 0 Å². The van der Waals surface area contributed by atoms with Crippen molar-refractivity contribution in [3.63, 3.8) is 0 Å². The van der Waals surface area contributed by atoms with Gasteiger partial charge in [0.05, 0.1) is 18.7 Å². The zero-order valence-electron chi connectivity index (χ0n) is 11.5. The van der Waals surface area contributed by atoms with E-state index in [0.717, 1.165) is 27.7 Å². The molecule has 104 valence electrons. The van der Waals surface area contributed by atoms with Crippen molar-refractivity contribution in [2.24, 2.45) is 0 Å². The van der Waals surface area contributed by atoms with E-state index in [4.69, 9.17) is 10.00 Å². The normalized spacial score (nSPS) is 10.5. The second kappa shape index (κ2) is 5.63. The van der Waals surface area contributed by atoms with E-state index in [-0.39, 0.29) is 0 Å². The van der Waals surface area contributed by atoms with Crippen LogP contribution in [0, 0.1) is 11.3 Å². The summed E-state index contributed by atoms with van der Waals surface area (Å²) in [5.41, 5.74) is 2.94. The molecule has 0 N–H and O–H groups in total. The minimum Gasteiger partial charge on any atom is -0.497 e. The molecule has 0 radical (unpaired) electrons. The zero-order chi connectivity index (χ0) is 14.8. The van der Waals surface area contributed by atoms with Gasteiger partial charge in [0.25, 0.3) is 0 Å². The molecule has 1 heterocycles. The molecule has 0 amide bonds. The molecule has 0 aliphatic rings. The van der Waals surface area contributed by atoms with Gasteiger partial charge in [-0.15, -0.1) is 0 Å². The first-order valence-corrected chi connectivity index (χ1v) is 7.32. The van der Waals surface area contributed by atoms with Gasteiger partial charge >= 0.3 is 0 Å². The van der Waals surface area contributed by atoms with E-state index in [9.17, 15) is 0 Å². The molecule has 0 saturated carbocycles. The van der Waals surface area contributed by atoms with Crippen LogP contribution in [0.1, 0.15) is 11.1 Å². The van der Waals surface area contributed by atoms with Gasteiger partial charge in [-0.1, -0.05) is 12.1 Å². The third kappa shape index (κ3) is 2.65. The minimum atomic E-state index is 0.669. The molecule has 0 aliphatic heterocycles. The number of methoxy groups -OCH3 is 1. The topological polar surface area (TPSA) is 38.0 Å². The lowest BCUT2D eigenvalue weighted by Crippen LogP contribution is -1.98. The number of nitrogens with zero attached hydrogens (tertiary/aromatic N) is 2. The van der Waals surface area contributed by atoms with Crippen LogP contribution in [0.5, 0.6) is 5.75 Å². The summed E-state index contributed by atoms with van der Waals surface area (Å²) >= 11 is 3.57. The van der Waals surface area contributed by atoms with Crippen molar-refractivity contribution in [2.75, 3.05) is 7.11 Å². The maximum atomic E-state index is 9.00. The Hall–Kier alpha value is -2.25. The van der Waals surface area contributed by atoms with Gasteiger partial charge in [0.2, 0.25) is 0 Å². The molecule has 0 unspecified atom stereocenters. The minimum absolute atomic E-state index is 0.669. The van der Waals surface area contributed by atoms with E-state index in [1.54, 1.807) is 7.11 Å². The lowest BCUT2D eigenvalue weighted by Gasteiger charge is -2.07. The zero-order valence-corrected chi connectivity index (χ0v) is 13.1. The van der Waals surface area contributed by atoms with E-state index in [0.29, 0.717) is 5.56 Å². The van der Waals surface area contributed by atoms with E-state index >= 15 is 0 Å². The Morgan fingerprint density at radius 1 is 1.24 bits per heavy atom. The summed E-state index contributed by atoms with van der Waals surface area (Å²) in [7, 11) is 1.67. The molecule has 3 nitrogen and oxygen atoms in total. The quantitative estimate of drug-likeness (QED) is 0.711. The van der Waals surface area contributed by atoms with Gasteiger partial charge in [0.1, 0.15) is 5.75 Å². The molecule has 0 bridgehead atoms. The molecule has 3 rings (SSSR count). The second-order valence-electron chi connectivity index (χ2n) is 4.80. The number of fused-ring (bicyclic) bond motifs is 1. The van der Waals surface area contributed by atoms with Crippen LogP contribution >= 0.6 is 15.9 Å². The molecule has 21 heavy (non-hydrogen) atoms. The van der Waals surface area contributed by atoms with Gasteiger partial charge in [-0.3, -0.25) is 0 Å². The summed E-state index contributed by atoms with van der Waals surface area (Å²) in [5, 5.41) is 10.1. The Bertz CT molecular complexity index is 846. The maximum Gasteiger partial charge on any atom is 0.119 e. The number of rotatable bonds is 3. The summed E-state index contributed by atoms with van der Waals surface area (Å²) in [6.07, 6.45) is 2.05. The third-order valence-corrected chi connectivity index (χ3v) is 4.08. The van der Waals surface area contributed by atoms with Gasteiger partial charge in [0.15, 0.2) is 0 Å².